The second kappa shape index (κ2) is 13.4. The molecule has 0 aliphatic heterocycles. The molecule has 3 aromatic rings. The summed E-state index contributed by atoms with van der Waals surface area (Å²) in [6.45, 7) is 5.27. The average molecular weight is 518 g/mol. The van der Waals surface area contributed by atoms with Gasteiger partial charge in [-0.1, -0.05) is 49.0 Å². The number of alkyl carbamates (subject to hydrolysis) is 1. The first-order chi connectivity index (χ1) is 18.2. The smallest absolute Gasteiger partial charge is 0.407 e. The van der Waals surface area contributed by atoms with E-state index in [2.05, 4.69) is 22.1 Å². The van der Waals surface area contributed by atoms with Gasteiger partial charge in [0.05, 0.1) is 24.4 Å². The largest absolute Gasteiger partial charge is 0.507 e. The second-order valence-corrected chi connectivity index (χ2v) is 8.15. The predicted octanol–water partition coefficient (Wildman–Crippen LogP) is 5.13. The Hall–Kier alpha value is -4.99. The highest BCUT2D eigenvalue weighted by Crippen LogP contribution is 2.35. The molecule has 0 heterocycles. The zero-order valence-electron chi connectivity index (χ0n) is 20.7. The number of rotatable bonds is 11. The summed E-state index contributed by atoms with van der Waals surface area (Å²) in [6.07, 6.45) is -0.167. The number of azo groups is 1. The Morgan fingerprint density at radius 1 is 0.895 bits per heavy atom. The van der Waals surface area contributed by atoms with Gasteiger partial charge in [0.15, 0.2) is 5.78 Å². The van der Waals surface area contributed by atoms with Gasteiger partial charge in [-0.25, -0.2) is 9.59 Å². The number of phenolic OH excluding ortho intramolecular Hbond substituents is 2. The first-order valence-electron chi connectivity index (χ1n) is 11.6. The number of amides is 1. The monoisotopic (exact) mass is 517 g/mol. The predicted molar refractivity (Wildman–Crippen MR) is 139 cm³/mol. The lowest BCUT2D eigenvalue weighted by Crippen LogP contribution is -2.29. The average Bonchev–Trinajstić information content (AvgIpc) is 2.91. The van der Waals surface area contributed by atoms with Crippen molar-refractivity contribution in [3.63, 3.8) is 0 Å². The van der Waals surface area contributed by atoms with E-state index in [1.807, 2.05) is 0 Å². The number of nitrogens with one attached hydrogen (secondary N) is 1. The normalized spacial score (nSPS) is 10.7. The third kappa shape index (κ3) is 8.02. The maximum absolute atomic E-state index is 12.7. The topological polar surface area (TPSA) is 147 Å². The summed E-state index contributed by atoms with van der Waals surface area (Å²) in [5.74, 6) is -1.62. The molecule has 0 fully saturated rings. The molecule has 0 saturated heterocycles. The van der Waals surface area contributed by atoms with E-state index in [1.165, 1.54) is 13.0 Å². The van der Waals surface area contributed by atoms with Crippen molar-refractivity contribution in [1.29, 1.82) is 0 Å². The molecule has 38 heavy (non-hydrogen) atoms. The number of ether oxygens (including phenoxy) is 2. The summed E-state index contributed by atoms with van der Waals surface area (Å²) >= 11 is 0. The molecular formula is C28H27N3O7. The van der Waals surface area contributed by atoms with E-state index in [0.717, 1.165) is 11.6 Å². The van der Waals surface area contributed by atoms with Crippen LogP contribution in [0.3, 0.4) is 0 Å². The van der Waals surface area contributed by atoms with Gasteiger partial charge in [0.25, 0.3) is 0 Å². The van der Waals surface area contributed by atoms with Crippen LogP contribution in [0.4, 0.5) is 16.2 Å². The molecule has 0 aliphatic carbocycles. The lowest BCUT2D eigenvalue weighted by atomic mass is 10.0. The summed E-state index contributed by atoms with van der Waals surface area (Å²) < 4.78 is 9.96. The van der Waals surface area contributed by atoms with Crippen LogP contribution in [0.25, 0.3) is 0 Å². The third-order valence-electron chi connectivity index (χ3n) is 5.16. The van der Waals surface area contributed by atoms with E-state index in [9.17, 15) is 24.6 Å². The summed E-state index contributed by atoms with van der Waals surface area (Å²) in [5.41, 5.74) is 2.06. The fourth-order valence-electron chi connectivity index (χ4n) is 3.15. The minimum atomic E-state index is -0.624. The minimum absolute atomic E-state index is 0.00443. The molecule has 0 aromatic heterocycles. The molecule has 3 rings (SSSR count). The molecule has 3 N–H and O–H groups in total. The molecule has 0 unspecified atom stereocenters. The molecule has 196 valence electrons. The van der Waals surface area contributed by atoms with Crippen LogP contribution in [0.15, 0.2) is 89.1 Å². The fraction of sp³-hybridized carbons (Fsp3) is 0.179. The first kappa shape index (κ1) is 27.6. The zero-order valence-corrected chi connectivity index (χ0v) is 20.7. The van der Waals surface area contributed by atoms with Gasteiger partial charge < -0.3 is 25.0 Å². The van der Waals surface area contributed by atoms with Crippen LogP contribution in [0.1, 0.15) is 28.4 Å². The van der Waals surface area contributed by atoms with Gasteiger partial charge in [0.2, 0.25) is 0 Å². The van der Waals surface area contributed by atoms with Crippen molar-refractivity contribution in [3.8, 4) is 11.5 Å². The second-order valence-electron chi connectivity index (χ2n) is 8.15. The number of benzene rings is 3. The van der Waals surface area contributed by atoms with Gasteiger partial charge in [0.1, 0.15) is 23.8 Å². The number of hydrogen-bond donors (Lipinski definition) is 3. The molecule has 0 spiro atoms. The van der Waals surface area contributed by atoms with Crippen LogP contribution in [-0.2, 0) is 20.7 Å². The highest BCUT2D eigenvalue weighted by molar-refractivity contribution is 6.11. The lowest BCUT2D eigenvalue weighted by Gasteiger charge is -2.08. The number of hydrogen-bond acceptors (Lipinski definition) is 9. The Balaban J connectivity index is 1.51. The molecule has 0 aliphatic rings. The molecule has 10 heteroatoms. The van der Waals surface area contributed by atoms with E-state index < -0.39 is 17.8 Å². The Morgan fingerprint density at radius 3 is 2.29 bits per heavy atom. The van der Waals surface area contributed by atoms with Gasteiger partial charge in [-0.15, -0.1) is 5.11 Å². The summed E-state index contributed by atoms with van der Waals surface area (Å²) in [7, 11) is 0. The SMILES string of the molecule is C=C(C)C(=O)OCCNC(=O)OCCc1ccc(/N=N/c2cc(C(=O)c3ccccc3)c(O)cc2O)cc1. The molecule has 3 aromatic carbocycles. The van der Waals surface area contributed by atoms with Crippen molar-refractivity contribution in [1.82, 2.24) is 5.32 Å². The van der Waals surface area contributed by atoms with Crippen LogP contribution < -0.4 is 5.32 Å². The van der Waals surface area contributed by atoms with Gasteiger partial charge in [-0.05, 0) is 30.7 Å². The Morgan fingerprint density at radius 2 is 1.61 bits per heavy atom. The highest BCUT2D eigenvalue weighted by atomic mass is 16.6. The molecule has 10 nitrogen and oxygen atoms in total. The van der Waals surface area contributed by atoms with Gasteiger partial charge in [-0.3, -0.25) is 4.79 Å². The van der Waals surface area contributed by atoms with Crippen molar-refractivity contribution in [2.75, 3.05) is 19.8 Å². The molecule has 1 amide bonds. The van der Waals surface area contributed by atoms with Crippen molar-refractivity contribution < 1.29 is 34.1 Å². The number of esters is 1. The third-order valence-corrected chi connectivity index (χ3v) is 5.16. The summed E-state index contributed by atoms with van der Waals surface area (Å²) in [4.78, 5) is 35.7. The molecule has 0 bridgehead atoms. The van der Waals surface area contributed by atoms with Crippen LogP contribution >= 0.6 is 0 Å². The van der Waals surface area contributed by atoms with E-state index in [-0.39, 0.29) is 48.1 Å². The zero-order chi connectivity index (χ0) is 27.5. The summed E-state index contributed by atoms with van der Waals surface area (Å²) in [6, 6.07) is 17.7. The van der Waals surface area contributed by atoms with Crippen LogP contribution in [0.5, 0.6) is 11.5 Å². The van der Waals surface area contributed by atoms with E-state index in [0.29, 0.717) is 17.7 Å². The van der Waals surface area contributed by atoms with E-state index in [4.69, 9.17) is 9.47 Å². The number of carbonyl (C=O) groups excluding carboxylic acids is 3. The van der Waals surface area contributed by atoms with E-state index >= 15 is 0 Å². The summed E-state index contributed by atoms with van der Waals surface area (Å²) in [5, 5.41) is 30.9. The van der Waals surface area contributed by atoms with Crippen molar-refractivity contribution in [3.05, 3.63) is 95.6 Å². The lowest BCUT2D eigenvalue weighted by molar-refractivity contribution is -0.138. The van der Waals surface area contributed by atoms with Gasteiger partial charge >= 0.3 is 12.1 Å². The number of carbonyl (C=O) groups is 3. The quantitative estimate of drug-likeness (QED) is 0.105. The van der Waals surface area contributed by atoms with Crippen LogP contribution in [-0.4, -0.2) is 47.8 Å². The fourth-order valence-corrected chi connectivity index (χ4v) is 3.15. The number of nitrogens with zero attached hydrogens (tertiary/aromatic N) is 2. The van der Waals surface area contributed by atoms with Crippen LogP contribution in [0, 0.1) is 0 Å². The number of ketones is 1. The van der Waals surface area contributed by atoms with Crippen LogP contribution in [0.2, 0.25) is 0 Å². The molecular weight excluding hydrogens is 490 g/mol. The van der Waals surface area contributed by atoms with Crippen molar-refractivity contribution in [2.45, 2.75) is 13.3 Å². The van der Waals surface area contributed by atoms with Gasteiger partial charge in [-0.2, -0.15) is 5.11 Å². The van der Waals surface area contributed by atoms with Crippen molar-refractivity contribution in [2.24, 2.45) is 10.2 Å². The van der Waals surface area contributed by atoms with E-state index in [1.54, 1.807) is 54.6 Å². The number of phenols is 2. The maximum Gasteiger partial charge on any atom is 0.407 e. The maximum atomic E-state index is 12.7. The minimum Gasteiger partial charge on any atom is -0.507 e. The number of aromatic hydroxyl groups is 2. The van der Waals surface area contributed by atoms with Gasteiger partial charge in [0, 0.05) is 23.6 Å². The highest BCUT2D eigenvalue weighted by Gasteiger charge is 2.17. The molecule has 0 atom stereocenters. The molecule has 0 saturated carbocycles. The standard InChI is InChI=1S/C28H27N3O7/c1-18(2)27(35)37-15-13-29-28(36)38-14-12-19-8-10-21(11-9-19)30-31-23-16-22(24(32)17-25(23)33)26(34)20-6-4-3-5-7-20/h3-11,16-17,32-33H,1,12-15H2,2H3,(H,29,36)/b31-30+. The first-order valence-corrected chi connectivity index (χ1v) is 11.6. The Bertz CT molecular complexity index is 1340. The molecule has 0 radical (unpaired) electrons. The van der Waals surface area contributed by atoms with Crippen molar-refractivity contribution >= 4 is 29.2 Å². The Labute approximate surface area is 219 Å². The Kier molecular flexibility index (Phi) is 9.70.